The van der Waals surface area contributed by atoms with Gasteiger partial charge in [0.15, 0.2) is 23.0 Å². The van der Waals surface area contributed by atoms with Crippen LogP contribution in [0, 0.1) is 11.8 Å². The van der Waals surface area contributed by atoms with Gasteiger partial charge in [-0.1, -0.05) is 5.92 Å². The monoisotopic (exact) mass is 587 g/mol. The van der Waals surface area contributed by atoms with Crippen molar-refractivity contribution < 1.29 is 47.5 Å². The van der Waals surface area contributed by atoms with E-state index < -0.39 is 11.9 Å². The minimum atomic E-state index is -0.599. The second-order valence-electron chi connectivity index (χ2n) is 9.07. The first kappa shape index (κ1) is 33.9. The van der Waals surface area contributed by atoms with Crippen molar-refractivity contribution in [1.82, 2.24) is 4.90 Å². The first-order chi connectivity index (χ1) is 20.3. The molecule has 0 radical (unpaired) electrons. The van der Waals surface area contributed by atoms with Crippen LogP contribution >= 0.6 is 0 Å². The van der Waals surface area contributed by atoms with Gasteiger partial charge in [0.1, 0.15) is 0 Å². The Morgan fingerprint density at radius 3 is 1.55 bits per heavy atom. The second kappa shape index (κ2) is 18.2. The second-order valence-corrected chi connectivity index (χ2v) is 9.07. The van der Waals surface area contributed by atoms with Gasteiger partial charge in [-0.05, 0) is 70.1 Å². The quantitative estimate of drug-likeness (QED) is 0.152. The molecule has 0 bridgehead atoms. The largest absolute Gasteiger partial charge is 0.493 e. The first-order valence-electron chi connectivity index (χ1n) is 13.5. The Labute approximate surface area is 247 Å². The summed E-state index contributed by atoms with van der Waals surface area (Å²) >= 11 is 0. The highest BCUT2D eigenvalue weighted by atomic mass is 16.5. The fourth-order valence-electron chi connectivity index (χ4n) is 4.00. The lowest BCUT2D eigenvalue weighted by molar-refractivity contribution is -0.136. The lowest BCUT2D eigenvalue weighted by Gasteiger charge is -2.16. The molecule has 2 aromatic rings. The summed E-state index contributed by atoms with van der Waals surface area (Å²) in [4.78, 5) is 26.7. The van der Waals surface area contributed by atoms with Crippen molar-refractivity contribution in [2.75, 3.05) is 76.0 Å². The average molecular weight is 588 g/mol. The molecule has 0 amide bonds. The van der Waals surface area contributed by atoms with E-state index in [1.165, 1.54) is 42.7 Å². The topological polar surface area (TPSA) is 111 Å². The molecule has 0 aliphatic heterocycles. The minimum absolute atomic E-state index is 0.285. The van der Waals surface area contributed by atoms with Crippen molar-refractivity contribution in [3.8, 4) is 46.3 Å². The van der Waals surface area contributed by atoms with E-state index in [2.05, 4.69) is 16.7 Å². The molecule has 11 nitrogen and oxygen atoms in total. The Hall–Kier alpha value is -4.30. The maximum atomic E-state index is 12.5. The van der Waals surface area contributed by atoms with Crippen molar-refractivity contribution in [3.05, 3.63) is 35.4 Å². The molecule has 230 valence electrons. The number of hydrogen-bond acceptors (Lipinski definition) is 11. The lowest BCUT2D eigenvalue weighted by Crippen LogP contribution is -2.21. The zero-order valence-corrected chi connectivity index (χ0v) is 25.5. The average Bonchev–Trinajstić information content (AvgIpc) is 3.01. The van der Waals surface area contributed by atoms with Crippen LogP contribution in [0.2, 0.25) is 0 Å². The smallest absolute Gasteiger partial charge is 0.384 e. The number of esters is 2. The van der Waals surface area contributed by atoms with Gasteiger partial charge in [-0.25, -0.2) is 9.59 Å². The highest BCUT2D eigenvalue weighted by molar-refractivity contribution is 5.91. The van der Waals surface area contributed by atoms with Crippen molar-refractivity contribution in [3.63, 3.8) is 0 Å². The van der Waals surface area contributed by atoms with Crippen LogP contribution in [0.3, 0.4) is 0 Å². The van der Waals surface area contributed by atoms with E-state index in [9.17, 15) is 9.59 Å². The molecule has 0 N–H and O–H groups in total. The molecule has 0 aromatic heterocycles. The van der Waals surface area contributed by atoms with Crippen LogP contribution in [0.15, 0.2) is 24.3 Å². The summed E-state index contributed by atoms with van der Waals surface area (Å²) in [6.07, 6.45) is 3.17. The van der Waals surface area contributed by atoms with E-state index in [4.69, 9.17) is 37.9 Å². The Bertz CT molecular complexity index is 1180. The number of carbonyl (C=O) groups is 2. The number of unbranched alkanes of at least 4 members (excludes halogenated alkanes) is 2. The molecule has 0 fully saturated rings. The molecule has 0 heterocycles. The highest BCUT2D eigenvalue weighted by Crippen LogP contribution is 2.39. The van der Waals surface area contributed by atoms with Crippen LogP contribution < -0.4 is 28.4 Å². The number of methoxy groups -OCH3 is 6. The minimum Gasteiger partial charge on any atom is -0.493 e. The van der Waals surface area contributed by atoms with Crippen LogP contribution in [0.25, 0.3) is 0 Å². The Morgan fingerprint density at radius 2 is 1.10 bits per heavy atom. The number of nitrogens with zero attached hydrogens (tertiary/aromatic N) is 1. The third kappa shape index (κ3) is 10.3. The van der Waals surface area contributed by atoms with E-state index in [0.717, 1.165) is 32.4 Å². The van der Waals surface area contributed by atoms with Gasteiger partial charge in [0.25, 0.3) is 0 Å². The van der Waals surface area contributed by atoms with Crippen molar-refractivity contribution in [2.24, 2.45) is 0 Å². The van der Waals surface area contributed by atoms with Gasteiger partial charge in [-0.2, -0.15) is 0 Å². The Kier molecular flexibility index (Phi) is 14.7. The third-order valence-corrected chi connectivity index (χ3v) is 6.21. The maximum Gasteiger partial charge on any atom is 0.384 e. The number of rotatable bonds is 17. The van der Waals surface area contributed by atoms with Crippen LogP contribution in [-0.4, -0.2) is 92.8 Å². The Morgan fingerprint density at radius 1 is 0.643 bits per heavy atom. The molecular formula is C31H41NO10. The summed E-state index contributed by atoms with van der Waals surface area (Å²) in [7, 11) is 11.1. The van der Waals surface area contributed by atoms with Gasteiger partial charge >= 0.3 is 11.9 Å². The number of hydrogen-bond donors (Lipinski definition) is 0. The van der Waals surface area contributed by atoms with Gasteiger partial charge in [-0.3, -0.25) is 0 Å². The molecule has 2 aromatic carbocycles. The van der Waals surface area contributed by atoms with E-state index in [-0.39, 0.29) is 6.61 Å². The molecular weight excluding hydrogens is 546 g/mol. The number of carbonyl (C=O) groups excluding carboxylic acids is 2. The van der Waals surface area contributed by atoms with Crippen molar-refractivity contribution in [2.45, 2.75) is 25.7 Å². The zero-order valence-electron chi connectivity index (χ0n) is 25.5. The zero-order chi connectivity index (χ0) is 30.9. The first-order valence-corrected chi connectivity index (χ1v) is 13.5. The van der Waals surface area contributed by atoms with Crippen LogP contribution in [0.1, 0.15) is 41.6 Å². The third-order valence-electron chi connectivity index (χ3n) is 6.21. The number of ether oxygens (including phenoxy) is 8. The van der Waals surface area contributed by atoms with E-state index in [1.807, 2.05) is 7.05 Å². The maximum absolute atomic E-state index is 12.5. The van der Waals surface area contributed by atoms with Gasteiger partial charge in [0, 0.05) is 11.5 Å². The summed E-state index contributed by atoms with van der Waals surface area (Å²) in [6, 6.07) is 6.46. The van der Waals surface area contributed by atoms with Gasteiger partial charge in [-0.15, -0.1) is 0 Å². The van der Waals surface area contributed by atoms with Crippen LogP contribution in [-0.2, 0) is 14.3 Å². The van der Waals surface area contributed by atoms with Crippen molar-refractivity contribution >= 4 is 11.9 Å². The summed E-state index contributed by atoms with van der Waals surface area (Å²) in [5, 5.41) is 0. The normalized spacial score (nSPS) is 10.3. The molecule has 2 rings (SSSR count). The summed E-state index contributed by atoms with van der Waals surface area (Å²) in [5.41, 5.74) is 0.869. The SMILES string of the molecule is COc1cc(C#CC(=O)OCCCCN(C)CCCCOC(=O)c2cc(OC)c(OC)c(OC)c2)cc(OC)c1OC. The lowest BCUT2D eigenvalue weighted by atomic mass is 10.2. The molecule has 11 heteroatoms. The van der Waals surface area contributed by atoms with Gasteiger partial charge in [0.05, 0.1) is 61.4 Å². The fourth-order valence-corrected chi connectivity index (χ4v) is 4.00. The summed E-state index contributed by atoms with van der Waals surface area (Å²) in [5.74, 6) is 6.77. The van der Waals surface area contributed by atoms with Crippen molar-refractivity contribution in [1.29, 1.82) is 0 Å². The Balaban J connectivity index is 1.64. The van der Waals surface area contributed by atoms with Gasteiger partial charge in [0.2, 0.25) is 11.5 Å². The van der Waals surface area contributed by atoms with Crippen LogP contribution in [0.5, 0.6) is 34.5 Å². The van der Waals surface area contributed by atoms with Crippen LogP contribution in [0.4, 0.5) is 0 Å². The highest BCUT2D eigenvalue weighted by Gasteiger charge is 2.18. The molecule has 42 heavy (non-hydrogen) atoms. The van der Waals surface area contributed by atoms with E-state index in [0.29, 0.717) is 58.7 Å². The number of benzene rings is 2. The molecule has 0 saturated heterocycles. The molecule has 0 spiro atoms. The predicted molar refractivity (Wildman–Crippen MR) is 156 cm³/mol. The molecule has 0 atom stereocenters. The molecule has 0 aliphatic carbocycles. The molecule has 0 saturated carbocycles. The summed E-state index contributed by atoms with van der Waals surface area (Å²) < 4.78 is 42.4. The summed E-state index contributed by atoms with van der Waals surface area (Å²) in [6.45, 7) is 2.28. The van der Waals surface area contributed by atoms with Gasteiger partial charge < -0.3 is 42.8 Å². The fraction of sp³-hybridized carbons (Fsp3) is 0.484. The predicted octanol–water partition coefficient (Wildman–Crippen LogP) is 3.98. The molecule has 0 unspecified atom stereocenters. The molecule has 0 aliphatic rings. The standard InChI is InChI=1S/C31H41NO10/c1-32(15-9-11-17-42-31(34)23-20-26(37-4)30(40-7)27(21-23)38-5)14-8-10-16-41-28(33)13-12-22-18-24(35-2)29(39-6)25(19-22)36-3/h18-21H,8-11,14-17H2,1-7H3. The van der Waals surface area contributed by atoms with E-state index in [1.54, 1.807) is 24.3 Å². The van der Waals surface area contributed by atoms with E-state index >= 15 is 0 Å².